The van der Waals surface area contributed by atoms with Crippen LogP contribution in [0.25, 0.3) is 0 Å². The zero-order valence-corrected chi connectivity index (χ0v) is 11.0. The summed E-state index contributed by atoms with van der Waals surface area (Å²) < 4.78 is 12.9. The first kappa shape index (κ1) is 13.6. The van der Waals surface area contributed by atoms with E-state index in [4.69, 9.17) is 5.73 Å². The molecule has 0 bridgehead atoms. The summed E-state index contributed by atoms with van der Waals surface area (Å²) >= 11 is 0. The van der Waals surface area contributed by atoms with E-state index in [1.807, 2.05) is 25.4 Å². The number of nitrogens with two attached hydrogens (primary N) is 1. The van der Waals surface area contributed by atoms with E-state index in [-0.39, 0.29) is 11.9 Å². The number of hydrogen-bond acceptors (Lipinski definition) is 3. The van der Waals surface area contributed by atoms with Crippen LogP contribution in [-0.4, -0.2) is 23.5 Å². The number of benzene rings is 1. The molecule has 1 atom stereocenters. The summed E-state index contributed by atoms with van der Waals surface area (Å²) in [6.07, 6.45) is 3.58. The van der Waals surface area contributed by atoms with Crippen molar-refractivity contribution in [2.45, 2.75) is 12.6 Å². The van der Waals surface area contributed by atoms with Gasteiger partial charge in [-0.15, -0.1) is 0 Å². The summed E-state index contributed by atoms with van der Waals surface area (Å²) in [6, 6.07) is 10.6. The molecule has 0 aliphatic rings. The molecule has 3 nitrogen and oxygen atoms in total. The SMILES string of the molecule is CN(Cc1ccc(F)cc1)C(CN)c1cccnc1. The predicted molar refractivity (Wildman–Crippen MR) is 73.9 cm³/mol. The van der Waals surface area contributed by atoms with E-state index in [2.05, 4.69) is 9.88 Å². The minimum Gasteiger partial charge on any atom is -0.329 e. The largest absolute Gasteiger partial charge is 0.329 e. The Kier molecular flexibility index (Phi) is 4.60. The zero-order chi connectivity index (χ0) is 13.7. The summed E-state index contributed by atoms with van der Waals surface area (Å²) in [4.78, 5) is 6.27. The van der Waals surface area contributed by atoms with E-state index in [1.165, 1.54) is 12.1 Å². The zero-order valence-electron chi connectivity index (χ0n) is 11.0. The first-order valence-electron chi connectivity index (χ1n) is 6.25. The van der Waals surface area contributed by atoms with Gasteiger partial charge in [0.05, 0.1) is 0 Å². The minimum absolute atomic E-state index is 0.110. The Labute approximate surface area is 112 Å². The third-order valence-corrected chi connectivity index (χ3v) is 3.17. The fourth-order valence-electron chi connectivity index (χ4n) is 2.13. The number of halogens is 1. The number of likely N-dealkylation sites (N-methyl/N-ethyl adjacent to an activating group) is 1. The van der Waals surface area contributed by atoms with E-state index in [9.17, 15) is 4.39 Å². The highest BCUT2D eigenvalue weighted by Gasteiger charge is 2.15. The Hall–Kier alpha value is -1.78. The molecule has 0 saturated heterocycles. The molecule has 0 radical (unpaired) electrons. The van der Waals surface area contributed by atoms with Gasteiger partial charge in [0.25, 0.3) is 0 Å². The standard InChI is InChI=1S/C15H18FN3/c1-19(11-12-4-6-14(16)7-5-12)15(9-17)13-3-2-8-18-10-13/h2-8,10,15H,9,11,17H2,1H3. The Morgan fingerprint density at radius 2 is 2.00 bits per heavy atom. The highest BCUT2D eigenvalue weighted by atomic mass is 19.1. The summed E-state index contributed by atoms with van der Waals surface area (Å²) in [7, 11) is 2.01. The van der Waals surface area contributed by atoms with E-state index >= 15 is 0 Å². The summed E-state index contributed by atoms with van der Waals surface area (Å²) in [5.74, 6) is -0.214. The second-order valence-corrected chi connectivity index (χ2v) is 4.58. The van der Waals surface area contributed by atoms with Gasteiger partial charge in [0, 0.05) is 31.5 Å². The quantitative estimate of drug-likeness (QED) is 0.896. The lowest BCUT2D eigenvalue weighted by atomic mass is 10.1. The van der Waals surface area contributed by atoms with E-state index < -0.39 is 0 Å². The van der Waals surface area contributed by atoms with Crippen molar-refractivity contribution in [2.24, 2.45) is 5.73 Å². The van der Waals surface area contributed by atoms with Gasteiger partial charge in [-0.3, -0.25) is 9.88 Å². The molecular formula is C15H18FN3. The second kappa shape index (κ2) is 6.41. The molecule has 4 heteroatoms. The van der Waals surface area contributed by atoms with Gasteiger partial charge in [0.1, 0.15) is 5.82 Å². The molecule has 1 heterocycles. The van der Waals surface area contributed by atoms with Crippen LogP contribution in [0.2, 0.25) is 0 Å². The Morgan fingerprint density at radius 1 is 1.26 bits per heavy atom. The van der Waals surface area contributed by atoms with Crippen LogP contribution in [0, 0.1) is 5.82 Å². The Balaban J connectivity index is 2.09. The van der Waals surface area contributed by atoms with Crippen molar-refractivity contribution < 1.29 is 4.39 Å². The van der Waals surface area contributed by atoms with Gasteiger partial charge in [0.15, 0.2) is 0 Å². The fourth-order valence-corrected chi connectivity index (χ4v) is 2.13. The summed E-state index contributed by atoms with van der Waals surface area (Å²) in [5.41, 5.74) is 8.01. The highest BCUT2D eigenvalue weighted by molar-refractivity contribution is 5.18. The van der Waals surface area contributed by atoms with Crippen molar-refractivity contribution in [3.8, 4) is 0 Å². The van der Waals surface area contributed by atoms with E-state index in [0.29, 0.717) is 6.54 Å². The van der Waals surface area contributed by atoms with Gasteiger partial charge in [-0.2, -0.15) is 0 Å². The fraction of sp³-hybridized carbons (Fsp3) is 0.267. The average molecular weight is 259 g/mol. The molecule has 0 saturated carbocycles. The van der Waals surface area contributed by atoms with Crippen molar-refractivity contribution in [2.75, 3.05) is 13.6 Å². The molecule has 2 rings (SSSR count). The molecule has 0 spiro atoms. The van der Waals surface area contributed by atoms with Crippen LogP contribution in [0.5, 0.6) is 0 Å². The van der Waals surface area contributed by atoms with Crippen LogP contribution in [0.3, 0.4) is 0 Å². The van der Waals surface area contributed by atoms with Crippen LogP contribution in [0.15, 0.2) is 48.8 Å². The topological polar surface area (TPSA) is 42.1 Å². The molecule has 1 aromatic heterocycles. The van der Waals surface area contributed by atoms with Crippen molar-refractivity contribution in [3.05, 3.63) is 65.7 Å². The number of rotatable bonds is 5. The highest BCUT2D eigenvalue weighted by Crippen LogP contribution is 2.19. The van der Waals surface area contributed by atoms with Gasteiger partial charge in [0.2, 0.25) is 0 Å². The smallest absolute Gasteiger partial charge is 0.123 e. The summed E-state index contributed by atoms with van der Waals surface area (Å²) in [6.45, 7) is 1.24. The predicted octanol–water partition coefficient (Wildman–Crippen LogP) is 2.35. The van der Waals surface area contributed by atoms with Crippen LogP contribution in [-0.2, 0) is 6.54 Å². The third kappa shape index (κ3) is 3.59. The maximum atomic E-state index is 12.9. The molecule has 1 unspecified atom stereocenters. The van der Waals surface area contributed by atoms with Gasteiger partial charge in [-0.1, -0.05) is 18.2 Å². The Morgan fingerprint density at radius 3 is 2.58 bits per heavy atom. The van der Waals surface area contributed by atoms with Crippen molar-refractivity contribution in [1.82, 2.24) is 9.88 Å². The summed E-state index contributed by atoms with van der Waals surface area (Å²) in [5, 5.41) is 0. The molecule has 0 aliphatic carbocycles. The first-order valence-corrected chi connectivity index (χ1v) is 6.25. The maximum Gasteiger partial charge on any atom is 0.123 e. The van der Waals surface area contributed by atoms with Crippen LogP contribution in [0.4, 0.5) is 4.39 Å². The monoisotopic (exact) mass is 259 g/mol. The maximum absolute atomic E-state index is 12.9. The molecular weight excluding hydrogens is 241 g/mol. The normalized spacial score (nSPS) is 12.6. The molecule has 0 amide bonds. The number of hydrogen-bond donors (Lipinski definition) is 1. The van der Waals surface area contributed by atoms with E-state index in [1.54, 1.807) is 18.3 Å². The molecule has 100 valence electrons. The Bertz CT molecular complexity index is 499. The number of nitrogens with zero attached hydrogens (tertiary/aromatic N) is 2. The van der Waals surface area contributed by atoms with Gasteiger partial charge >= 0.3 is 0 Å². The van der Waals surface area contributed by atoms with Crippen molar-refractivity contribution in [3.63, 3.8) is 0 Å². The van der Waals surface area contributed by atoms with Gasteiger partial charge < -0.3 is 5.73 Å². The number of pyridine rings is 1. The number of aromatic nitrogens is 1. The van der Waals surface area contributed by atoms with Crippen molar-refractivity contribution >= 4 is 0 Å². The van der Waals surface area contributed by atoms with Gasteiger partial charge in [-0.25, -0.2) is 4.39 Å². The molecule has 1 aromatic carbocycles. The molecule has 19 heavy (non-hydrogen) atoms. The lowest BCUT2D eigenvalue weighted by molar-refractivity contribution is 0.241. The molecule has 0 fully saturated rings. The first-order chi connectivity index (χ1) is 9.20. The molecule has 2 N–H and O–H groups in total. The van der Waals surface area contributed by atoms with Crippen LogP contribution < -0.4 is 5.73 Å². The van der Waals surface area contributed by atoms with Gasteiger partial charge in [-0.05, 0) is 36.4 Å². The minimum atomic E-state index is -0.214. The lowest BCUT2D eigenvalue weighted by Crippen LogP contribution is -2.30. The van der Waals surface area contributed by atoms with Crippen LogP contribution in [0.1, 0.15) is 17.2 Å². The third-order valence-electron chi connectivity index (χ3n) is 3.17. The lowest BCUT2D eigenvalue weighted by Gasteiger charge is -2.27. The molecule has 2 aromatic rings. The van der Waals surface area contributed by atoms with Crippen LogP contribution >= 0.6 is 0 Å². The van der Waals surface area contributed by atoms with Crippen molar-refractivity contribution in [1.29, 1.82) is 0 Å². The van der Waals surface area contributed by atoms with E-state index in [0.717, 1.165) is 17.7 Å². The average Bonchev–Trinajstić information content (AvgIpc) is 2.43. The molecule has 0 aliphatic heterocycles. The second-order valence-electron chi connectivity index (χ2n) is 4.58.